The summed E-state index contributed by atoms with van der Waals surface area (Å²) in [6, 6.07) is 3.52. The van der Waals surface area contributed by atoms with Crippen LogP contribution in [0, 0.1) is 10.1 Å². The lowest BCUT2D eigenvalue weighted by molar-refractivity contribution is -0.387. The topological polar surface area (TPSA) is 124 Å². The van der Waals surface area contributed by atoms with E-state index in [1.54, 1.807) is 0 Å². The first-order valence-electron chi connectivity index (χ1n) is 4.85. The molecule has 0 aliphatic carbocycles. The van der Waals surface area contributed by atoms with Gasteiger partial charge in [0.25, 0.3) is 5.69 Å². The number of carbonyl (C=O) groups excluding carboxylic acids is 1. The van der Waals surface area contributed by atoms with Crippen LogP contribution in [0.25, 0.3) is 0 Å². The summed E-state index contributed by atoms with van der Waals surface area (Å²) < 4.78 is 25.3. The Bertz CT molecular complexity index is 631. The van der Waals surface area contributed by atoms with Gasteiger partial charge in [-0.05, 0) is 12.1 Å². The highest BCUT2D eigenvalue weighted by molar-refractivity contribution is 9.10. The van der Waals surface area contributed by atoms with Crippen molar-refractivity contribution in [3.63, 3.8) is 0 Å². The third-order valence-corrected chi connectivity index (χ3v) is 4.51. The van der Waals surface area contributed by atoms with E-state index in [1.165, 1.54) is 6.07 Å². The molecule has 19 heavy (non-hydrogen) atoms. The lowest BCUT2D eigenvalue weighted by Gasteiger charge is -2.15. The molecule has 8 nitrogen and oxygen atoms in total. The second-order valence-electron chi connectivity index (χ2n) is 3.60. The van der Waals surface area contributed by atoms with E-state index >= 15 is 0 Å². The number of carbonyl (C=O) groups is 1. The molecule has 0 unspecified atom stereocenters. The number of nitro groups is 1. The molecular formula is C9H10BrN3O5S. The molecular weight excluding hydrogens is 342 g/mol. The predicted octanol–water partition coefficient (Wildman–Crippen LogP) is 0.463. The highest BCUT2D eigenvalue weighted by Gasteiger charge is 2.30. The number of benzene rings is 1. The Labute approximate surface area is 117 Å². The van der Waals surface area contributed by atoms with Crippen molar-refractivity contribution in [1.82, 2.24) is 4.31 Å². The second kappa shape index (κ2) is 5.63. The van der Waals surface area contributed by atoms with E-state index < -0.39 is 38.0 Å². The summed E-state index contributed by atoms with van der Waals surface area (Å²) in [7, 11) is -3.06. The molecule has 0 saturated carbocycles. The van der Waals surface area contributed by atoms with Gasteiger partial charge in [-0.2, -0.15) is 4.31 Å². The Morgan fingerprint density at radius 1 is 1.53 bits per heavy atom. The standard InChI is InChI=1S/C9H10BrN3O5S/c1-12(5-9(11)14)19(17,18)8-4-6(10)2-3-7(8)13(15)16/h2-4H,5H2,1H3,(H2,11,14). The van der Waals surface area contributed by atoms with Gasteiger partial charge < -0.3 is 5.73 Å². The van der Waals surface area contributed by atoms with Crippen molar-refractivity contribution in [2.24, 2.45) is 5.73 Å². The lowest BCUT2D eigenvalue weighted by Crippen LogP contribution is -2.35. The summed E-state index contributed by atoms with van der Waals surface area (Å²) in [4.78, 5) is 20.3. The Morgan fingerprint density at radius 2 is 2.11 bits per heavy atom. The van der Waals surface area contributed by atoms with E-state index in [2.05, 4.69) is 15.9 Å². The summed E-state index contributed by atoms with van der Waals surface area (Å²) in [5, 5.41) is 10.8. The zero-order valence-corrected chi connectivity index (χ0v) is 12.1. The predicted molar refractivity (Wildman–Crippen MR) is 69.8 cm³/mol. The molecule has 0 fully saturated rings. The SMILES string of the molecule is CN(CC(N)=O)S(=O)(=O)c1cc(Br)ccc1[N+](=O)[O-]. The van der Waals surface area contributed by atoms with Crippen LogP contribution in [-0.2, 0) is 14.8 Å². The molecule has 0 aliphatic heterocycles. The van der Waals surface area contributed by atoms with Gasteiger partial charge in [0, 0.05) is 17.6 Å². The van der Waals surface area contributed by atoms with Gasteiger partial charge in [-0.1, -0.05) is 15.9 Å². The van der Waals surface area contributed by atoms with Gasteiger partial charge in [-0.3, -0.25) is 14.9 Å². The number of primary amides is 1. The first-order valence-corrected chi connectivity index (χ1v) is 7.08. The fourth-order valence-electron chi connectivity index (χ4n) is 1.32. The second-order valence-corrected chi connectivity index (χ2v) is 6.53. The molecule has 0 aliphatic rings. The quantitative estimate of drug-likeness (QED) is 0.609. The maximum absolute atomic E-state index is 12.1. The van der Waals surface area contributed by atoms with Crippen LogP contribution in [0.3, 0.4) is 0 Å². The number of nitro benzene ring substituents is 1. The van der Waals surface area contributed by atoms with Crippen LogP contribution in [-0.4, -0.2) is 37.1 Å². The van der Waals surface area contributed by atoms with E-state index in [0.717, 1.165) is 19.2 Å². The van der Waals surface area contributed by atoms with Crippen molar-refractivity contribution in [2.45, 2.75) is 4.90 Å². The molecule has 0 saturated heterocycles. The van der Waals surface area contributed by atoms with Crippen molar-refractivity contribution in [3.8, 4) is 0 Å². The van der Waals surface area contributed by atoms with Crippen LogP contribution in [0.2, 0.25) is 0 Å². The number of nitrogens with two attached hydrogens (primary N) is 1. The fraction of sp³-hybridized carbons (Fsp3) is 0.222. The lowest BCUT2D eigenvalue weighted by atomic mass is 10.3. The van der Waals surface area contributed by atoms with Crippen LogP contribution in [0.5, 0.6) is 0 Å². The van der Waals surface area contributed by atoms with Crippen LogP contribution in [0.4, 0.5) is 5.69 Å². The minimum atomic E-state index is -4.17. The van der Waals surface area contributed by atoms with E-state index in [4.69, 9.17) is 5.73 Å². The van der Waals surface area contributed by atoms with E-state index in [-0.39, 0.29) is 0 Å². The molecule has 1 aromatic rings. The molecule has 0 aromatic heterocycles. The summed E-state index contributed by atoms with van der Waals surface area (Å²) in [5.41, 5.74) is 4.34. The smallest absolute Gasteiger partial charge is 0.289 e. The molecule has 0 spiro atoms. The molecule has 0 heterocycles. The average molecular weight is 352 g/mol. The molecule has 1 aromatic carbocycles. The van der Waals surface area contributed by atoms with Gasteiger partial charge >= 0.3 is 0 Å². The van der Waals surface area contributed by atoms with Crippen LogP contribution in [0.1, 0.15) is 0 Å². The van der Waals surface area contributed by atoms with Gasteiger partial charge in [0.15, 0.2) is 4.90 Å². The van der Waals surface area contributed by atoms with Crippen molar-refractivity contribution < 1.29 is 18.1 Å². The highest BCUT2D eigenvalue weighted by Crippen LogP contribution is 2.29. The first-order chi connectivity index (χ1) is 8.66. The monoisotopic (exact) mass is 351 g/mol. The Kier molecular flexibility index (Phi) is 4.61. The number of amides is 1. The number of hydrogen-bond donors (Lipinski definition) is 1. The average Bonchev–Trinajstić information content (AvgIpc) is 2.27. The fourth-order valence-corrected chi connectivity index (χ4v) is 3.15. The first kappa shape index (κ1) is 15.5. The van der Waals surface area contributed by atoms with Gasteiger partial charge in [-0.15, -0.1) is 0 Å². The minimum Gasteiger partial charge on any atom is -0.369 e. The maximum atomic E-state index is 12.1. The van der Waals surface area contributed by atoms with Gasteiger partial charge in [0.2, 0.25) is 15.9 Å². The molecule has 0 bridgehead atoms. The van der Waals surface area contributed by atoms with Crippen molar-refractivity contribution in [2.75, 3.05) is 13.6 Å². The molecule has 104 valence electrons. The van der Waals surface area contributed by atoms with Crippen LogP contribution in [0.15, 0.2) is 27.6 Å². The molecule has 1 rings (SSSR count). The number of hydrogen-bond acceptors (Lipinski definition) is 5. The van der Waals surface area contributed by atoms with Crippen LogP contribution < -0.4 is 5.73 Å². The largest absolute Gasteiger partial charge is 0.369 e. The molecule has 2 N–H and O–H groups in total. The van der Waals surface area contributed by atoms with Crippen molar-refractivity contribution in [3.05, 3.63) is 32.8 Å². The Balaban J connectivity index is 3.39. The normalized spacial score (nSPS) is 11.5. The third kappa shape index (κ3) is 3.49. The molecule has 1 amide bonds. The molecule has 0 radical (unpaired) electrons. The minimum absolute atomic E-state index is 0.365. The summed E-state index contributed by atoms with van der Waals surface area (Å²) in [6.45, 7) is -0.563. The van der Waals surface area contributed by atoms with Gasteiger partial charge in [0.05, 0.1) is 11.5 Å². The number of rotatable bonds is 5. The third-order valence-electron chi connectivity index (χ3n) is 2.19. The van der Waals surface area contributed by atoms with E-state index in [1.807, 2.05) is 0 Å². The highest BCUT2D eigenvalue weighted by atomic mass is 79.9. The summed E-state index contributed by atoms with van der Waals surface area (Å²) in [5.74, 6) is -0.858. The summed E-state index contributed by atoms with van der Waals surface area (Å²) >= 11 is 3.04. The van der Waals surface area contributed by atoms with Crippen LogP contribution >= 0.6 is 15.9 Å². The zero-order chi connectivity index (χ0) is 14.8. The number of nitrogens with zero attached hydrogens (tertiary/aromatic N) is 2. The van der Waals surface area contributed by atoms with E-state index in [9.17, 15) is 23.3 Å². The van der Waals surface area contributed by atoms with Gasteiger partial charge in [0.1, 0.15) is 0 Å². The van der Waals surface area contributed by atoms with Crippen molar-refractivity contribution in [1.29, 1.82) is 0 Å². The molecule has 10 heteroatoms. The Hall–Kier alpha value is -1.52. The summed E-state index contributed by atoms with van der Waals surface area (Å²) in [6.07, 6.45) is 0. The van der Waals surface area contributed by atoms with Gasteiger partial charge in [-0.25, -0.2) is 8.42 Å². The number of likely N-dealkylation sites (N-methyl/N-ethyl adjacent to an activating group) is 1. The van der Waals surface area contributed by atoms with Crippen molar-refractivity contribution >= 4 is 37.5 Å². The maximum Gasteiger partial charge on any atom is 0.289 e. The zero-order valence-electron chi connectivity index (χ0n) is 9.74. The Morgan fingerprint density at radius 3 is 2.58 bits per heavy atom. The molecule has 0 atom stereocenters. The number of sulfonamides is 1. The van der Waals surface area contributed by atoms with E-state index in [0.29, 0.717) is 8.78 Å². The number of halogens is 1.